The molecule has 0 saturated carbocycles. The fourth-order valence-corrected chi connectivity index (χ4v) is 3.50. The molecule has 2 saturated heterocycles. The summed E-state index contributed by atoms with van der Waals surface area (Å²) in [6.45, 7) is 6.01. The molecule has 0 aromatic carbocycles. The van der Waals surface area contributed by atoms with Crippen molar-refractivity contribution in [3.05, 3.63) is 23.9 Å². The lowest BCUT2D eigenvalue weighted by Gasteiger charge is -2.28. The summed E-state index contributed by atoms with van der Waals surface area (Å²) in [6.07, 6.45) is 9.20. The largest absolute Gasteiger partial charge is 0.368 e. The van der Waals surface area contributed by atoms with E-state index < -0.39 is 0 Å². The molecule has 3 heterocycles. The number of amides is 1. The standard InChI is InChI=1S/C18H28N4O/c23-18(22-13-5-2-6-14-22)16-8-7-9-19-17(16)20-10-15-21-11-3-1-4-12-21/h7-9H,1-6,10-15H2,(H,19,20). The van der Waals surface area contributed by atoms with Gasteiger partial charge in [-0.2, -0.15) is 0 Å². The number of piperidine rings is 2. The zero-order valence-electron chi connectivity index (χ0n) is 14.0. The fraction of sp³-hybridized carbons (Fsp3) is 0.667. The summed E-state index contributed by atoms with van der Waals surface area (Å²) >= 11 is 0. The van der Waals surface area contributed by atoms with Crippen molar-refractivity contribution < 1.29 is 4.79 Å². The van der Waals surface area contributed by atoms with E-state index in [0.717, 1.165) is 44.8 Å². The van der Waals surface area contributed by atoms with Gasteiger partial charge in [0.2, 0.25) is 0 Å². The van der Waals surface area contributed by atoms with Crippen molar-refractivity contribution in [1.82, 2.24) is 14.8 Å². The van der Waals surface area contributed by atoms with Gasteiger partial charge in [-0.3, -0.25) is 4.79 Å². The highest BCUT2D eigenvalue weighted by atomic mass is 16.2. The molecule has 1 aromatic rings. The van der Waals surface area contributed by atoms with Crippen LogP contribution in [0.3, 0.4) is 0 Å². The second-order valence-electron chi connectivity index (χ2n) is 6.58. The Labute approximate surface area is 139 Å². The Bertz CT molecular complexity index is 507. The number of likely N-dealkylation sites (tertiary alicyclic amines) is 2. The summed E-state index contributed by atoms with van der Waals surface area (Å²) in [4.78, 5) is 21.6. The van der Waals surface area contributed by atoms with Crippen LogP contribution in [0, 0.1) is 0 Å². The number of aromatic nitrogens is 1. The third-order valence-electron chi connectivity index (χ3n) is 4.85. The topological polar surface area (TPSA) is 48.5 Å². The Hall–Kier alpha value is -1.62. The van der Waals surface area contributed by atoms with E-state index in [2.05, 4.69) is 15.2 Å². The molecule has 0 bridgehead atoms. The van der Waals surface area contributed by atoms with Gasteiger partial charge in [-0.25, -0.2) is 4.98 Å². The minimum atomic E-state index is 0.123. The Morgan fingerprint density at radius 1 is 1.04 bits per heavy atom. The first-order valence-corrected chi connectivity index (χ1v) is 9.05. The molecule has 1 N–H and O–H groups in total. The molecule has 2 fully saturated rings. The van der Waals surface area contributed by atoms with Crippen LogP contribution in [0.15, 0.2) is 18.3 Å². The second kappa shape index (κ2) is 8.29. The number of nitrogens with zero attached hydrogens (tertiary/aromatic N) is 3. The molecule has 3 rings (SSSR count). The van der Waals surface area contributed by atoms with Gasteiger partial charge >= 0.3 is 0 Å². The fourth-order valence-electron chi connectivity index (χ4n) is 3.50. The number of nitrogens with one attached hydrogen (secondary N) is 1. The van der Waals surface area contributed by atoms with Gasteiger partial charge in [-0.05, 0) is 57.3 Å². The Morgan fingerprint density at radius 3 is 2.48 bits per heavy atom. The van der Waals surface area contributed by atoms with Crippen molar-refractivity contribution in [3.63, 3.8) is 0 Å². The van der Waals surface area contributed by atoms with E-state index in [9.17, 15) is 4.79 Å². The maximum absolute atomic E-state index is 12.7. The molecule has 0 atom stereocenters. The molecule has 0 spiro atoms. The normalized spacial score (nSPS) is 19.6. The minimum absolute atomic E-state index is 0.123. The molecule has 5 nitrogen and oxygen atoms in total. The van der Waals surface area contributed by atoms with Gasteiger partial charge in [0.1, 0.15) is 5.82 Å². The summed E-state index contributed by atoms with van der Waals surface area (Å²) < 4.78 is 0. The first-order valence-electron chi connectivity index (χ1n) is 9.05. The van der Waals surface area contributed by atoms with Crippen LogP contribution < -0.4 is 5.32 Å². The van der Waals surface area contributed by atoms with Crippen molar-refractivity contribution in [2.75, 3.05) is 44.6 Å². The van der Waals surface area contributed by atoms with Gasteiger partial charge in [0.15, 0.2) is 0 Å². The summed E-state index contributed by atoms with van der Waals surface area (Å²) in [6, 6.07) is 3.75. The SMILES string of the molecule is O=C(c1cccnc1NCCN1CCCCC1)N1CCCCC1. The van der Waals surface area contributed by atoms with E-state index >= 15 is 0 Å². The van der Waals surface area contributed by atoms with Crippen LogP contribution >= 0.6 is 0 Å². The Kier molecular flexibility index (Phi) is 5.86. The highest BCUT2D eigenvalue weighted by molar-refractivity contribution is 5.98. The average Bonchev–Trinajstić information content (AvgIpc) is 2.63. The quantitative estimate of drug-likeness (QED) is 0.907. The highest BCUT2D eigenvalue weighted by Gasteiger charge is 2.21. The van der Waals surface area contributed by atoms with Crippen molar-refractivity contribution in [2.24, 2.45) is 0 Å². The summed E-state index contributed by atoms with van der Waals surface area (Å²) in [5, 5.41) is 3.38. The van der Waals surface area contributed by atoms with Gasteiger partial charge in [0.05, 0.1) is 5.56 Å². The van der Waals surface area contributed by atoms with Gasteiger partial charge in [-0.15, -0.1) is 0 Å². The number of hydrogen-bond donors (Lipinski definition) is 1. The van der Waals surface area contributed by atoms with Gasteiger partial charge in [0, 0.05) is 32.4 Å². The zero-order valence-corrected chi connectivity index (χ0v) is 14.0. The first-order chi connectivity index (χ1) is 11.3. The first kappa shape index (κ1) is 16.2. The lowest BCUT2D eigenvalue weighted by molar-refractivity contribution is 0.0725. The molecule has 23 heavy (non-hydrogen) atoms. The number of carbonyl (C=O) groups excluding carboxylic acids is 1. The minimum Gasteiger partial charge on any atom is -0.368 e. The number of anilines is 1. The predicted molar refractivity (Wildman–Crippen MR) is 92.8 cm³/mol. The predicted octanol–water partition coefficient (Wildman–Crippen LogP) is 2.61. The molecule has 126 valence electrons. The van der Waals surface area contributed by atoms with Crippen molar-refractivity contribution in [2.45, 2.75) is 38.5 Å². The molecule has 1 aromatic heterocycles. The molecular weight excluding hydrogens is 288 g/mol. The third-order valence-corrected chi connectivity index (χ3v) is 4.85. The number of rotatable bonds is 5. The number of pyridine rings is 1. The summed E-state index contributed by atoms with van der Waals surface area (Å²) in [7, 11) is 0. The van der Waals surface area contributed by atoms with Crippen LogP contribution in [0.25, 0.3) is 0 Å². The Balaban J connectivity index is 1.57. The van der Waals surface area contributed by atoms with Crippen LogP contribution in [-0.2, 0) is 0 Å². The van der Waals surface area contributed by atoms with Crippen LogP contribution in [0.5, 0.6) is 0 Å². The third kappa shape index (κ3) is 4.44. The molecule has 2 aliphatic rings. The van der Waals surface area contributed by atoms with Crippen molar-refractivity contribution in [3.8, 4) is 0 Å². The number of carbonyl (C=O) groups is 1. The van der Waals surface area contributed by atoms with Crippen molar-refractivity contribution in [1.29, 1.82) is 0 Å². The van der Waals surface area contributed by atoms with Gasteiger partial charge in [-0.1, -0.05) is 6.42 Å². The average molecular weight is 316 g/mol. The van der Waals surface area contributed by atoms with E-state index in [-0.39, 0.29) is 5.91 Å². The lowest BCUT2D eigenvalue weighted by atomic mass is 10.1. The van der Waals surface area contributed by atoms with E-state index in [0.29, 0.717) is 5.56 Å². The smallest absolute Gasteiger partial charge is 0.257 e. The molecule has 0 unspecified atom stereocenters. The molecule has 5 heteroatoms. The van der Waals surface area contributed by atoms with Crippen LogP contribution in [0.1, 0.15) is 48.9 Å². The van der Waals surface area contributed by atoms with Gasteiger partial charge in [0.25, 0.3) is 5.91 Å². The zero-order chi connectivity index (χ0) is 15.9. The molecular formula is C18H28N4O. The number of hydrogen-bond acceptors (Lipinski definition) is 4. The van der Waals surface area contributed by atoms with Crippen LogP contribution in [0.4, 0.5) is 5.82 Å². The molecule has 0 radical (unpaired) electrons. The molecule has 2 aliphatic heterocycles. The molecule has 0 aliphatic carbocycles. The Morgan fingerprint density at radius 2 is 1.74 bits per heavy atom. The van der Waals surface area contributed by atoms with E-state index in [1.165, 1.54) is 38.8 Å². The van der Waals surface area contributed by atoms with Crippen LogP contribution in [0.2, 0.25) is 0 Å². The second-order valence-corrected chi connectivity index (χ2v) is 6.58. The maximum Gasteiger partial charge on any atom is 0.257 e. The highest BCUT2D eigenvalue weighted by Crippen LogP contribution is 2.18. The maximum atomic E-state index is 12.7. The van der Waals surface area contributed by atoms with Crippen LogP contribution in [-0.4, -0.2) is 60.0 Å². The van der Waals surface area contributed by atoms with Crippen molar-refractivity contribution >= 4 is 11.7 Å². The van der Waals surface area contributed by atoms with E-state index in [4.69, 9.17) is 0 Å². The monoisotopic (exact) mass is 316 g/mol. The van der Waals surface area contributed by atoms with E-state index in [1.54, 1.807) is 6.20 Å². The summed E-state index contributed by atoms with van der Waals surface area (Å²) in [5.41, 5.74) is 0.716. The lowest BCUT2D eigenvalue weighted by Crippen LogP contribution is -2.36. The summed E-state index contributed by atoms with van der Waals surface area (Å²) in [5.74, 6) is 0.860. The van der Waals surface area contributed by atoms with E-state index in [1.807, 2.05) is 17.0 Å². The molecule has 1 amide bonds. The van der Waals surface area contributed by atoms with Gasteiger partial charge < -0.3 is 15.1 Å².